The number of benzene rings is 3. The zero-order valence-electron chi connectivity index (χ0n) is 12.9. The molecule has 2 amide bonds. The van der Waals surface area contributed by atoms with Crippen molar-refractivity contribution in [3.8, 4) is 0 Å². The second-order valence-electron chi connectivity index (χ2n) is 5.46. The van der Waals surface area contributed by atoms with Crippen LogP contribution in [-0.2, 0) is 4.12 Å². The number of aromatic nitrogens is 1. The smallest absolute Gasteiger partial charge is 0.368 e. The molecule has 4 aromatic rings. The maximum Gasteiger partial charge on any atom is 0.368 e. The topological polar surface area (TPSA) is 63.9 Å². The highest BCUT2D eigenvalue weighted by Crippen LogP contribution is 2.30. The molecule has 0 atom stereocenters. The van der Waals surface area contributed by atoms with Gasteiger partial charge in [-0.15, -0.1) is 0 Å². The molecule has 7 heteroatoms. The average molecular weight is 355 g/mol. The van der Waals surface area contributed by atoms with Crippen molar-refractivity contribution in [2.75, 3.05) is 0 Å². The first-order valence-corrected chi connectivity index (χ1v) is 8.23. The van der Waals surface area contributed by atoms with E-state index in [1.807, 2.05) is 30.5 Å². The monoisotopic (exact) mass is 355 g/mol. The quantitative estimate of drug-likeness (QED) is 0.358. The van der Waals surface area contributed by atoms with Crippen LogP contribution in [-0.4, -0.2) is 32.0 Å². The van der Waals surface area contributed by atoms with Gasteiger partial charge in [-0.3, -0.25) is 4.98 Å². The highest BCUT2D eigenvalue weighted by molar-refractivity contribution is 6.19. The average Bonchev–Trinajstić information content (AvgIpc) is 3.02. The van der Waals surface area contributed by atoms with Crippen molar-refractivity contribution in [3.63, 3.8) is 0 Å². The summed E-state index contributed by atoms with van der Waals surface area (Å²) < 4.78 is 3.86. The standard InChI is InChI=1S/C18H9N3O.OSi2/c22-18-20-15-6-5-12-13(17(15)21-18)4-3-11-2-1-10-7-8-19-9-14(10)16(11)12;2-1-3/h1-9H;. The van der Waals surface area contributed by atoms with E-state index in [0.29, 0.717) is 10.7 Å². The van der Waals surface area contributed by atoms with Crippen molar-refractivity contribution in [2.45, 2.75) is 0 Å². The van der Waals surface area contributed by atoms with E-state index < -0.39 is 6.03 Å². The van der Waals surface area contributed by atoms with Gasteiger partial charge in [-0.2, -0.15) is 9.98 Å². The van der Waals surface area contributed by atoms with Gasteiger partial charge < -0.3 is 4.12 Å². The number of hydrogen-bond acceptors (Lipinski definition) is 3. The van der Waals surface area contributed by atoms with Gasteiger partial charge in [-0.05, 0) is 33.7 Å². The minimum Gasteiger partial charge on any atom is -0.458 e. The lowest BCUT2D eigenvalue weighted by atomic mass is 9.97. The summed E-state index contributed by atoms with van der Waals surface area (Å²) in [4.78, 5) is 23.7. The highest BCUT2D eigenvalue weighted by atomic mass is 28.3. The summed E-state index contributed by atoms with van der Waals surface area (Å²) in [5, 5.41) is 7.88. The molecule has 1 aromatic heterocycles. The molecule has 1 aliphatic heterocycles. The second-order valence-corrected chi connectivity index (χ2v) is 6.28. The molecule has 0 saturated carbocycles. The van der Waals surface area contributed by atoms with E-state index in [4.69, 9.17) is 0 Å². The van der Waals surface area contributed by atoms with Gasteiger partial charge >= 0.3 is 6.03 Å². The van der Waals surface area contributed by atoms with Crippen LogP contribution in [0.4, 0.5) is 4.79 Å². The number of fused-ring (bicyclic) bond motifs is 7. The van der Waals surface area contributed by atoms with Gasteiger partial charge in [-0.1, -0.05) is 30.3 Å². The second kappa shape index (κ2) is 6.28. The molecule has 1 aliphatic rings. The Morgan fingerprint density at radius 1 is 0.800 bits per heavy atom. The highest BCUT2D eigenvalue weighted by Gasteiger charge is 2.11. The van der Waals surface area contributed by atoms with Crippen molar-refractivity contribution >= 4 is 59.3 Å². The van der Waals surface area contributed by atoms with Gasteiger partial charge in [0.05, 0.1) is 5.36 Å². The molecule has 0 bridgehead atoms. The summed E-state index contributed by atoms with van der Waals surface area (Å²) in [5.41, 5.74) is 0. The predicted molar refractivity (Wildman–Crippen MR) is 97.1 cm³/mol. The van der Waals surface area contributed by atoms with E-state index in [2.05, 4.69) is 58.3 Å². The fourth-order valence-electron chi connectivity index (χ4n) is 3.21. The van der Waals surface area contributed by atoms with Gasteiger partial charge in [0.1, 0.15) is 5.36 Å². The minimum absolute atomic E-state index is 0.429. The Balaban J connectivity index is 0.000000490. The number of rotatable bonds is 0. The molecule has 116 valence electrons. The van der Waals surface area contributed by atoms with E-state index >= 15 is 0 Å². The molecule has 5 nitrogen and oxygen atoms in total. The van der Waals surface area contributed by atoms with Crippen molar-refractivity contribution in [1.82, 2.24) is 4.98 Å². The van der Waals surface area contributed by atoms with Gasteiger partial charge in [-0.25, -0.2) is 4.79 Å². The number of carbonyl (C=O) groups is 1. The van der Waals surface area contributed by atoms with E-state index in [0.717, 1.165) is 32.3 Å². The maximum atomic E-state index is 11.5. The van der Waals surface area contributed by atoms with Gasteiger partial charge in [0.15, 0.2) is 0 Å². The fourth-order valence-corrected chi connectivity index (χ4v) is 3.21. The Morgan fingerprint density at radius 2 is 1.52 bits per heavy atom. The molecule has 0 saturated heterocycles. The summed E-state index contributed by atoms with van der Waals surface area (Å²) in [5.74, 6) is 0. The number of carbonyl (C=O) groups excluding carboxylic acids is 1. The van der Waals surface area contributed by atoms with Crippen LogP contribution in [0.2, 0.25) is 0 Å². The normalized spacial score (nSPS) is 12.5. The summed E-state index contributed by atoms with van der Waals surface area (Å²) in [6.07, 6.45) is 3.68. The lowest BCUT2D eigenvalue weighted by molar-refractivity contribution is 0.257. The van der Waals surface area contributed by atoms with Gasteiger partial charge in [0, 0.05) is 23.2 Å². The van der Waals surface area contributed by atoms with Crippen LogP contribution in [0.3, 0.4) is 0 Å². The summed E-state index contributed by atoms with van der Waals surface area (Å²) in [7, 11) is 5.19. The largest absolute Gasteiger partial charge is 0.458 e. The Kier molecular flexibility index (Phi) is 3.96. The Hall–Kier alpha value is -2.75. The fraction of sp³-hybridized carbons (Fsp3) is 0. The molecular weight excluding hydrogens is 346 g/mol. The van der Waals surface area contributed by atoms with Crippen LogP contribution in [0.5, 0.6) is 0 Å². The summed E-state index contributed by atoms with van der Waals surface area (Å²) >= 11 is 0. The molecule has 0 N–H and O–H groups in total. The SMILES string of the molecule is O=C1N=c2ccc3c(ccc4ccc5ccncc5c43)c2=N1.[Si]O[Si]. The van der Waals surface area contributed by atoms with Crippen LogP contribution in [0, 0.1) is 0 Å². The number of amides is 2. The van der Waals surface area contributed by atoms with Gasteiger partial charge in [0.25, 0.3) is 0 Å². The van der Waals surface area contributed by atoms with Crippen molar-refractivity contribution < 1.29 is 8.91 Å². The molecule has 0 aliphatic carbocycles. The zero-order chi connectivity index (χ0) is 17.4. The third-order valence-electron chi connectivity index (χ3n) is 4.17. The van der Waals surface area contributed by atoms with Crippen molar-refractivity contribution in [3.05, 3.63) is 65.6 Å². The number of hydrogen-bond donors (Lipinski definition) is 0. The van der Waals surface area contributed by atoms with E-state index in [-0.39, 0.29) is 0 Å². The zero-order valence-corrected chi connectivity index (χ0v) is 14.9. The molecule has 0 spiro atoms. The van der Waals surface area contributed by atoms with Crippen LogP contribution in [0.1, 0.15) is 0 Å². The van der Waals surface area contributed by atoms with E-state index in [1.54, 1.807) is 6.20 Å². The Labute approximate surface area is 149 Å². The summed E-state index contributed by atoms with van der Waals surface area (Å²) in [6, 6.07) is 13.7. The Bertz CT molecular complexity index is 1270. The predicted octanol–water partition coefficient (Wildman–Crippen LogP) is 2.08. The lowest BCUT2D eigenvalue weighted by Crippen LogP contribution is -2.21. The number of pyridine rings is 1. The van der Waals surface area contributed by atoms with Crippen LogP contribution >= 0.6 is 0 Å². The van der Waals surface area contributed by atoms with Crippen molar-refractivity contribution in [1.29, 1.82) is 0 Å². The first-order valence-electron chi connectivity index (χ1n) is 7.42. The Morgan fingerprint density at radius 3 is 2.36 bits per heavy atom. The van der Waals surface area contributed by atoms with Crippen LogP contribution in [0.25, 0.3) is 32.3 Å². The molecule has 0 unspecified atom stereocenters. The lowest BCUT2D eigenvalue weighted by Gasteiger charge is -2.07. The van der Waals surface area contributed by atoms with Crippen LogP contribution < -0.4 is 10.7 Å². The molecule has 0 fully saturated rings. The van der Waals surface area contributed by atoms with Crippen LogP contribution in [0.15, 0.2) is 64.8 Å². The van der Waals surface area contributed by atoms with E-state index in [1.165, 1.54) is 0 Å². The molecule has 2 heterocycles. The number of urea groups is 1. The third kappa shape index (κ3) is 2.58. The molecule has 5 rings (SSSR count). The third-order valence-corrected chi connectivity index (χ3v) is 4.17. The molecular formula is C18H9N3O2Si2. The maximum absolute atomic E-state index is 11.5. The first-order chi connectivity index (χ1) is 12.2. The first kappa shape index (κ1) is 15.8. The minimum atomic E-state index is -0.429. The molecule has 6 radical (unpaired) electrons. The number of nitrogens with zero attached hydrogens (tertiary/aromatic N) is 3. The molecule has 25 heavy (non-hydrogen) atoms. The summed E-state index contributed by atoms with van der Waals surface area (Å²) in [6.45, 7) is 0. The van der Waals surface area contributed by atoms with E-state index in [9.17, 15) is 4.79 Å². The van der Waals surface area contributed by atoms with Gasteiger partial charge in [0.2, 0.25) is 21.0 Å². The van der Waals surface area contributed by atoms with Crippen molar-refractivity contribution in [2.24, 2.45) is 9.98 Å². The molecule has 3 aromatic carbocycles.